The Kier molecular flexibility index (Phi) is 11.6. The van der Waals surface area contributed by atoms with Crippen LogP contribution < -0.4 is 10.1 Å². The van der Waals surface area contributed by atoms with E-state index in [1.165, 1.54) is 30.6 Å². The number of carbonyl (C=O) groups is 1. The Balaban J connectivity index is 0.00000129. The molecule has 2 heterocycles. The number of aliphatic hydroxyl groups is 1. The molecule has 2 aromatic heterocycles. The lowest BCUT2D eigenvalue weighted by molar-refractivity contribution is -0.0493. The second-order valence-corrected chi connectivity index (χ2v) is 6.50. The first kappa shape index (κ1) is 28.1. The lowest BCUT2D eigenvalue weighted by Gasteiger charge is -2.12. The molecule has 0 radical (unpaired) electrons. The summed E-state index contributed by atoms with van der Waals surface area (Å²) >= 11 is 12.2. The van der Waals surface area contributed by atoms with E-state index in [2.05, 4.69) is 21.6 Å². The maximum Gasteiger partial charge on any atom is 0.387 e. The van der Waals surface area contributed by atoms with Crippen LogP contribution in [-0.4, -0.2) is 29.7 Å². The van der Waals surface area contributed by atoms with E-state index in [4.69, 9.17) is 32.7 Å². The fourth-order valence-electron chi connectivity index (χ4n) is 2.74. The lowest BCUT2D eigenvalue weighted by atomic mass is 10.1. The summed E-state index contributed by atoms with van der Waals surface area (Å²) in [7, 11) is 1.00. The molecule has 0 unspecified atom stereocenters. The van der Waals surface area contributed by atoms with Gasteiger partial charge in [-0.15, -0.1) is 0 Å². The smallest absolute Gasteiger partial charge is 0.387 e. The zero-order chi connectivity index (χ0) is 25.1. The predicted molar refractivity (Wildman–Crippen MR) is 128 cm³/mol. The molecule has 178 valence electrons. The Bertz CT molecular complexity index is 1170. The van der Waals surface area contributed by atoms with Gasteiger partial charge in [0.05, 0.1) is 21.3 Å². The highest BCUT2D eigenvalue weighted by Gasteiger charge is 2.22. The normalized spacial score (nSPS) is 11.8. The van der Waals surface area contributed by atoms with Gasteiger partial charge in [-0.2, -0.15) is 8.78 Å². The van der Waals surface area contributed by atoms with E-state index in [9.17, 15) is 13.6 Å². The molecule has 0 saturated heterocycles. The minimum absolute atomic E-state index is 0.00146. The number of furan rings is 1. The first-order valence-corrected chi connectivity index (χ1v) is 10.5. The number of aromatic nitrogens is 1. The van der Waals surface area contributed by atoms with Gasteiger partial charge >= 0.3 is 6.61 Å². The Morgan fingerprint density at radius 2 is 1.94 bits per heavy atom. The molecule has 1 amide bonds. The van der Waals surface area contributed by atoms with Gasteiger partial charge in [0.25, 0.3) is 5.91 Å². The summed E-state index contributed by atoms with van der Waals surface area (Å²) in [5.74, 6) is -0.783. The molecule has 0 aliphatic rings. The predicted octanol–water partition coefficient (Wildman–Crippen LogP) is 6.73. The molecule has 6 nitrogen and oxygen atoms in total. The zero-order valence-corrected chi connectivity index (χ0v) is 20.0. The Labute approximate surface area is 200 Å². The summed E-state index contributed by atoms with van der Waals surface area (Å²) in [6.45, 7) is 6.18. The van der Waals surface area contributed by atoms with E-state index in [1.807, 2.05) is 13.8 Å². The number of nitrogens with zero attached hydrogens (tertiary/aromatic N) is 1. The highest BCUT2D eigenvalue weighted by Crippen LogP contribution is 2.37. The Morgan fingerprint density at radius 1 is 1.27 bits per heavy atom. The van der Waals surface area contributed by atoms with Crippen molar-refractivity contribution < 1.29 is 27.8 Å². The number of fused-ring (bicyclic) bond motifs is 3. The number of amides is 1. The van der Waals surface area contributed by atoms with Crippen LogP contribution in [0.2, 0.25) is 0 Å². The van der Waals surface area contributed by atoms with Crippen molar-refractivity contribution in [3.63, 3.8) is 0 Å². The molecule has 3 rings (SSSR count). The van der Waals surface area contributed by atoms with Gasteiger partial charge in [0.15, 0.2) is 11.3 Å². The summed E-state index contributed by atoms with van der Waals surface area (Å²) < 4.78 is 35.7. The van der Waals surface area contributed by atoms with Gasteiger partial charge in [0.1, 0.15) is 5.58 Å². The number of hydrogen-bond donors (Lipinski definition) is 2. The van der Waals surface area contributed by atoms with E-state index in [-0.39, 0.29) is 38.0 Å². The van der Waals surface area contributed by atoms with Gasteiger partial charge in [0, 0.05) is 30.3 Å². The number of alkyl halides is 2. The highest BCUT2D eigenvalue weighted by molar-refractivity contribution is 6.36. The molecule has 0 atom stereocenters. The van der Waals surface area contributed by atoms with Gasteiger partial charge < -0.3 is 19.6 Å². The van der Waals surface area contributed by atoms with Crippen molar-refractivity contribution in [2.75, 3.05) is 7.11 Å². The van der Waals surface area contributed by atoms with E-state index in [0.29, 0.717) is 11.0 Å². The van der Waals surface area contributed by atoms with Crippen molar-refractivity contribution in [3.8, 4) is 5.75 Å². The first-order chi connectivity index (χ1) is 15.9. The molecular weight excluding hydrogens is 477 g/mol. The van der Waals surface area contributed by atoms with E-state index < -0.39 is 12.5 Å². The van der Waals surface area contributed by atoms with Crippen molar-refractivity contribution >= 4 is 51.0 Å². The maximum atomic E-state index is 13.0. The minimum Gasteiger partial charge on any atom is -0.452 e. The molecular formula is C23H24Cl2F2N2O4. The minimum atomic E-state index is -3.06. The third-order valence-corrected chi connectivity index (χ3v) is 4.74. The molecule has 3 aromatic rings. The molecule has 1 aromatic carbocycles. The van der Waals surface area contributed by atoms with Crippen LogP contribution >= 0.6 is 23.2 Å². The molecule has 10 heteroatoms. The largest absolute Gasteiger partial charge is 0.452 e. The summed E-state index contributed by atoms with van der Waals surface area (Å²) in [4.78, 5) is 17.0. The third-order valence-electron chi connectivity index (χ3n) is 3.99. The Hall–Kier alpha value is -2.94. The van der Waals surface area contributed by atoms with Gasteiger partial charge in [-0.05, 0) is 31.2 Å². The van der Waals surface area contributed by atoms with Crippen molar-refractivity contribution in [2.24, 2.45) is 0 Å². The fourth-order valence-corrected chi connectivity index (χ4v) is 3.09. The van der Waals surface area contributed by atoms with Gasteiger partial charge in [-0.3, -0.25) is 9.78 Å². The first-order valence-electron chi connectivity index (χ1n) is 9.71. The molecule has 0 aliphatic carbocycles. The van der Waals surface area contributed by atoms with Crippen LogP contribution in [0.15, 0.2) is 69.5 Å². The van der Waals surface area contributed by atoms with E-state index in [0.717, 1.165) is 7.11 Å². The van der Waals surface area contributed by atoms with Crippen molar-refractivity contribution in [1.29, 1.82) is 0 Å². The van der Waals surface area contributed by atoms with Crippen LogP contribution in [0.5, 0.6) is 5.75 Å². The second-order valence-electron chi connectivity index (χ2n) is 5.69. The highest BCUT2D eigenvalue weighted by atomic mass is 35.5. The van der Waals surface area contributed by atoms with E-state index >= 15 is 0 Å². The molecule has 0 bridgehead atoms. The number of allylic oxidation sites excluding steroid dienone is 4. The summed E-state index contributed by atoms with van der Waals surface area (Å²) in [6.07, 6.45) is 5.83. The van der Waals surface area contributed by atoms with Crippen LogP contribution in [0.1, 0.15) is 31.1 Å². The molecule has 33 heavy (non-hydrogen) atoms. The summed E-state index contributed by atoms with van der Waals surface area (Å²) in [5, 5.41) is 10.7. The molecule has 2 N–H and O–H groups in total. The van der Waals surface area contributed by atoms with E-state index in [1.54, 1.807) is 19.1 Å². The number of rotatable bonds is 6. The molecule has 0 saturated carbocycles. The number of nitrogens with one attached hydrogen (secondary N) is 1. The lowest BCUT2D eigenvalue weighted by Crippen LogP contribution is -2.24. The number of aliphatic hydroxyl groups excluding tert-OH is 1. The van der Waals surface area contributed by atoms with Gasteiger partial charge in [-0.25, -0.2) is 0 Å². The number of halogens is 4. The third kappa shape index (κ3) is 6.54. The van der Waals surface area contributed by atoms with Crippen LogP contribution in [0.3, 0.4) is 0 Å². The zero-order valence-electron chi connectivity index (χ0n) is 18.5. The Morgan fingerprint density at radius 3 is 2.52 bits per heavy atom. The number of carbonyl (C=O) groups excluding carboxylic acids is 1. The van der Waals surface area contributed by atoms with Gasteiger partial charge in [0.2, 0.25) is 0 Å². The monoisotopic (exact) mass is 500 g/mol. The maximum absolute atomic E-state index is 13.0. The van der Waals surface area contributed by atoms with Gasteiger partial charge in [-0.1, -0.05) is 49.7 Å². The number of ether oxygens (including phenoxy) is 1. The molecule has 0 aliphatic heterocycles. The SMILES string of the molecule is C=C/C(Cl)=C(NC(=O)c1ccc(OC(F)F)c2oc3ccncc3c12)\C(Cl)=C/C.CC.CO. The van der Waals surface area contributed by atoms with Crippen molar-refractivity contribution in [3.05, 3.63) is 70.6 Å². The summed E-state index contributed by atoms with van der Waals surface area (Å²) in [6, 6.07) is 4.13. The fraction of sp³-hybridized carbons (Fsp3) is 0.217. The second kappa shape index (κ2) is 13.6. The number of pyridine rings is 1. The standard InChI is InChI=1S/C20H14Cl2F2N2O3.C2H6.CH4O/c1-3-12(21)17(13(22)4-2)26-19(27)10-5-6-15(29-20(23)24)18-16(10)11-9-25-8-7-14(11)28-18;2*1-2/h3-9,20H,1H2,2H3,(H,26,27);1-2H3;2H,1H3/b13-4+,17-12-;;. The van der Waals surface area contributed by atoms with Crippen LogP contribution in [0, 0.1) is 0 Å². The molecule has 0 fully saturated rings. The average Bonchev–Trinajstić information content (AvgIpc) is 3.24. The average molecular weight is 501 g/mol. The van der Waals surface area contributed by atoms with Crippen molar-refractivity contribution in [1.82, 2.24) is 10.3 Å². The topological polar surface area (TPSA) is 84.6 Å². The van der Waals surface area contributed by atoms with Crippen molar-refractivity contribution in [2.45, 2.75) is 27.4 Å². The van der Waals surface area contributed by atoms with Crippen LogP contribution in [0.4, 0.5) is 8.78 Å². The van der Waals surface area contributed by atoms with Crippen LogP contribution in [0.25, 0.3) is 21.9 Å². The van der Waals surface area contributed by atoms with Crippen LogP contribution in [-0.2, 0) is 0 Å². The number of benzene rings is 1. The molecule has 0 spiro atoms. The number of hydrogen-bond acceptors (Lipinski definition) is 5. The quantitative estimate of drug-likeness (QED) is 0.366. The summed E-state index contributed by atoms with van der Waals surface area (Å²) in [5.41, 5.74) is 0.655.